The third kappa shape index (κ3) is 4.09. The van der Waals surface area contributed by atoms with Gasteiger partial charge in [-0.1, -0.05) is 16.8 Å². The first-order valence-corrected chi connectivity index (χ1v) is 9.70. The van der Waals surface area contributed by atoms with Crippen LogP contribution in [0.2, 0.25) is 5.02 Å². The summed E-state index contributed by atoms with van der Waals surface area (Å²) in [5.74, 6) is 1.99. The summed E-state index contributed by atoms with van der Waals surface area (Å²) in [6.07, 6.45) is 1.20. The van der Waals surface area contributed by atoms with Crippen molar-refractivity contribution in [2.24, 2.45) is 5.92 Å². The van der Waals surface area contributed by atoms with Crippen LogP contribution in [0.3, 0.4) is 0 Å². The van der Waals surface area contributed by atoms with Crippen molar-refractivity contribution in [1.29, 1.82) is 0 Å². The lowest BCUT2D eigenvalue weighted by molar-refractivity contribution is 0.0767. The zero-order valence-electron chi connectivity index (χ0n) is 15.1. The molecule has 2 atom stereocenters. The summed E-state index contributed by atoms with van der Waals surface area (Å²) in [5, 5.41) is 4.84. The second-order valence-corrected chi connectivity index (χ2v) is 7.64. The maximum Gasteiger partial charge on any atom is 0.244 e. The van der Waals surface area contributed by atoms with Gasteiger partial charge in [-0.2, -0.15) is 4.98 Å². The Morgan fingerprint density at radius 1 is 1.19 bits per heavy atom. The van der Waals surface area contributed by atoms with Crippen LogP contribution in [0, 0.1) is 5.92 Å². The van der Waals surface area contributed by atoms with Crippen LogP contribution < -0.4 is 0 Å². The SMILES string of the molecule is CC(c1nc(-c2ccc(Cl)cc2)no1)N1CCN(CC2CCOC2)CC1. The number of piperazine rings is 1. The minimum Gasteiger partial charge on any atom is -0.381 e. The summed E-state index contributed by atoms with van der Waals surface area (Å²) < 4.78 is 11.0. The normalized spacial score (nSPS) is 23.4. The molecule has 0 N–H and O–H groups in total. The Morgan fingerprint density at radius 2 is 1.96 bits per heavy atom. The number of aromatic nitrogens is 2. The summed E-state index contributed by atoms with van der Waals surface area (Å²) in [6, 6.07) is 7.62. The van der Waals surface area contributed by atoms with Crippen molar-refractivity contribution >= 4 is 11.6 Å². The van der Waals surface area contributed by atoms with E-state index in [4.69, 9.17) is 20.9 Å². The molecule has 0 spiro atoms. The largest absolute Gasteiger partial charge is 0.381 e. The highest BCUT2D eigenvalue weighted by Gasteiger charge is 2.27. The number of nitrogens with zero attached hydrogens (tertiary/aromatic N) is 4. The molecule has 0 radical (unpaired) electrons. The van der Waals surface area contributed by atoms with Crippen molar-refractivity contribution in [2.75, 3.05) is 45.9 Å². The molecule has 7 heteroatoms. The topological polar surface area (TPSA) is 54.6 Å². The molecule has 2 fully saturated rings. The molecule has 1 aromatic heterocycles. The Morgan fingerprint density at radius 3 is 2.65 bits per heavy atom. The van der Waals surface area contributed by atoms with Crippen LogP contribution in [-0.4, -0.2) is 65.9 Å². The Bertz CT molecular complexity index is 707. The van der Waals surface area contributed by atoms with Crippen molar-refractivity contribution in [1.82, 2.24) is 19.9 Å². The fourth-order valence-corrected chi connectivity index (χ4v) is 3.83. The van der Waals surface area contributed by atoms with Gasteiger partial charge < -0.3 is 14.2 Å². The lowest BCUT2D eigenvalue weighted by atomic mass is 10.1. The third-order valence-electron chi connectivity index (χ3n) is 5.40. The van der Waals surface area contributed by atoms with Gasteiger partial charge >= 0.3 is 0 Å². The molecule has 26 heavy (non-hydrogen) atoms. The average Bonchev–Trinajstić information content (AvgIpc) is 3.34. The monoisotopic (exact) mass is 376 g/mol. The molecule has 0 amide bonds. The molecule has 2 aliphatic heterocycles. The predicted octanol–water partition coefficient (Wildman–Crippen LogP) is 3.11. The molecule has 0 saturated carbocycles. The van der Waals surface area contributed by atoms with Crippen LogP contribution in [0.1, 0.15) is 25.3 Å². The zero-order valence-corrected chi connectivity index (χ0v) is 15.9. The van der Waals surface area contributed by atoms with E-state index in [2.05, 4.69) is 26.9 Å². The predicted molar refractivity (Wildman–Crippen MR) is 100 cm³/mol. The Balaban J connectivity index is 1.33. The number of ether oxygens (including phenoxy) is 1. The first-order valence-electron chi connectivity index (χ1n) is 9.33. The van der Waals surface area contributed by atoms with Gasteiger partial charge in [-0.3, -0.25) is 4.90 Å². The molecule has 2 saturated heterocycles. The van der Waals surface area contributed by atoms with Crippen LogP contribution in [0.25, 0.3) is 11.4 Å². The first kappa shape index (κ1) is 17.9. The van der Waals surface area contributed by atoms with E-state index < -0.39 is 0 Å². The fraction of sp³-hybridized carbons (Fsp3) is 0.579. The van der Waals surface area contributed by atoms with Crippen LogP contribution >= 0.6 is 11.6 Å². The lowest BCUT2D eigenvalue weighted by Gasteiger charge is -2.37. The van der Waals surface area contributed by atoms with Crippen LogP contribution in [0.4, 0.5) is 0 Å². The summed E-state index contributed by atoms with van der Waals surface area (Å²) >= 11 is 5.94. The quantitative estimate of drug-likeness (QED) is 0.799. The number of halogens is 1. The van der Waals surface area contributed by atoms with E-state index >= 15 is 0 Å². The second kappa shape index (κ2) is 8.05. The fourth-order valence-electron chi connectivity index (χ4n) is 3.70. The summed E-state index contributed by atoms with van der Waals surface area (Å²) in [6.45, 7) is 9.35. The highest BCUT2D eigenvalue weighted by molar-refractivity contribution is 6.30. The number of hydrogen-bond donors (Lipinski definition) is 0. The molecule has 2 aromatic rings. The summed E-state index contributed by atoms with van der Waals surface area (Å²) in [4.78, 5) is 9.56. The van der Waals surface area contributed by atoms with Crippen molar-refractivity contribution < 1.29 is 9.26 Å². The van der Waals surface area contributed by atoms with E-state index in [0.29, 0.717) is 22.7 Å². The highest BCUT2D eigenvalue weighted by atomic mass is 35.5. The number of rotatable bonds is 5. The van der Waals surface area contributed by atoms with Crippen molar-refractivity contribution in [3.8, 4) is 11.4 Å². The van der Waals surface area contributed by atoms with E-state index in [1.807, 2.05) is 24.3 Å². The Kier molecular flexibility index (Phi) is 5.55. The van der Waals surface area contributed by atoms with Gasteiger partial charge in [0.05, 0.1) is 12.6 Å². The molecule has 3 heterocycles. The summed E-state index contributed by atoms with van der Waals surface area (Å²) in [5.41, 5.74) is 0.917. The van der Waals surface area contributed by atoms with E-state index in [1.54, 1.807) is 0 Å². The molecule has 4 rings (SSSR count). The minimum absolute atomic E-state index is 0.125. The van der Waals surface area contributed by atoms with E-state index in [9.17, 15) is 0 Å². The smallest absolute Gasteiger partial charge is 0.244 e. The van der Waals surface area contributed by atoms with Crippen molar-refractivity contribution in [2.45, 2.75) is 19.4 Å². The molecule has 140 valence electrons. The minimum atomic E-state index is 0.125. The van der Waals surface area contributed by atoms with Gasteiger partial charge in [0.1, 0.15) is 0 Å². The lowest BCUT2D eigenvalue weighted by Crippen LogP contribution is -2.48. The van der Waals surface area contributed by atoms with Gasteiger partial charge in [0, 0.05) is 49.9 Å². The molecule has 1 aromatic carbocycles. The van der Waals surface area contributed by atoms with E-state index in [1.165, 1.54) is 6.42 Å². The molecule has 6 nitrogen and oxygen atoms in total. The third-order valence-corrected chi connectivity index (χ3v) is 5.65. The Hall–Kier alpha value is -1.47. The maximum absolute atomic E-state index is 5.94. The van der Waals surface area contributed by atoms with Gasteiger partial charge in [-0.15, -0.1) is 0 Å². The van der Waals surface area contributed by atoms with Gasteiger partial charge in [0.15, 0.2) is 0 Å². The van der Waals surface area contributed by atoms with Crippen molar-refractivity contribution in [3.05, 3.63) is 35.2 Å². The van der Waals surface area contributed by atoms with Crippen molar-refractivity contribution in [3.63, 3.8) is 0 Å². The molecule has 0 aliphatic carbocycles. The summed E-state index contributed by atoms with van der Waals surface area (Å²) in [7, 11) is 0. The number of benzene rings is 1. The maximum atomic E-state index is 5.94. The first-order chi connectivity index (χ1) is 12.7. The zero-order chi connectivity index (χ0) is 17.9. The standard InChI is InChI=1S/C19H25ClN4O2/c1-14(19-21-18(22-26-19)16-2-4-17(20)5-3-16)24-9-7-23(8-10-24)12-15-6-11-25-13-15/h2-5,14-15H,6-13H2,1H3. The molecular formula is C19H25ClN4O2. The van der Waals surface area contributed by atoms with Gasteiger partial charge in [-0.25, -0.2) is 0 Å². The molecular weight excluding hydrogens is 352 g/mol. The molecule has 2 unspecified atom stereocenters. The second-order valence-electron chi connectivity index (χ2n) is 7.21. The average molecular weight is 377 g/mol. The van der Waals surface area contributed by atoms with Gasteiger partial charge in [0.25, 0.3) is 0 Å². The number of hydrogen-bond acceptors (Lipinski definition) is 6. The Labute approximate surface area is 159 Å². The molecule has 2 aliphatic rings. The highest BCUT2D eigenvalue weighted by Crippen LogP contribution is 2.25. The van der Waals surface area contributed by atoms with Gasteiger partial charge in [-0.05, 0) is 43.5 Å². The van der Waals surface area contributed by atoms with E-state index in [0.717, 1.165) is 51.5 Å². The van der Waals surface area contributed by atoms with Crippen LogP contribution in [0.15, 0.2) is 28.8 Å². The molecule has 0 bridgehead atoms. The van der Waals surface area contributed by atoms with E-state index in [-0.39, 0.29) is 6.04 Å². The van der Waals surface area contributed by atoms with Crippen LogP contribution in [-0.2, 0) is 4.74 Å². The van der Waals surface area contributed by atoms with Gasteiger partial charge in [0.2, 0.25) is 11.7 Å². The van der Waals surface area contributed by atoms with Crippen LogP contribution in [0.5, 0.6) is 0 Å².